The van der Waals surface area contributed by atoms with Crippen LogP contribution in [0.25, 0.3) is 0 Å². The third kappa shape index (κ3) is 3.73. The molecule has 2 N–H and O–H groups in total. The van der Waals surface area contributed by atoms with Crippen LogP contribution in [0.5, 0.6) is 0 Å². The van der Waals surface area contributed by atoms with Gasteiger partial charge in [0.2, 0.25) is 0 Å². The Balaban J connectivity index is 2.31. The van der Waals surface area contributed by atoms with Crippen molar-refractivity contribution >= 4 is 38.9 Å². The molecule has 2 nitrogen and oxygen atoms in total. The summed E-state index contributed by atoms with van der Waals surface area (Å²) in [5, 5.41) is 0. The largest absolute Gasteiger partial charge is 0.330 e. The fourth-order valence-corrected chi connectivity index (χ4v) is 4.99. The van der Waals surface area contributed by atoms with E-state index in [0.717, 1.165) is 21.9 Å². The first kappa shape index (κ1) is 15.8. The van der Waals surface area contributed by atoms with E-state index >= 15 is 0 Å². The average Bonchev–Trinajstić information content (AvgIpc) is 2.62. The fraction of sp³-hybridized carbons (Fsp3) is 0.714. The van der Waals surface area contributed by atoms with Crippen molar-refractivity contribution in [2.24, 2.45) is 11.7 Å². The van der Waals surface area contributed by atoms with Gasteiger partial charge >= 0.3 is 0 Å². The van der Waals surface area contributed by atoms with Gasteiger partial charge in [0.25, 0.3) is 0 Å². The number of rotatable bonds is 4. The van der Waals surface area contributed by atoms with Gasteiger partial charge in [0.1, 0.15) is 4.34 Å². The van der Waals surface area contributed by atoms with Crippen LogP contribution in [0.15, 0.2) is 10.5 Å². The Hall–Kier alpha value is 0.390. The third-order valence-corrected chi connectivity index (χ3v) is 6.42. The highest BCUT2D eigenvalue weighted by Gasteiger charge is 2.31. The number of nitrogens with zero attached hydrogens (tertiary/aromatic N) is 1. The molecule has 0 bridgehead atoms. The van der Waals surface area contributed by atoms with Crippen LogP contribution >= 0.6 is 38.9 Å². The molecular formula is C14H22BrClN2S. The molecule has 2 atom stereocenters. The first-order valence-electron chi connectivity index (χ1n) is 7.06. The van der Waals surface area contributed by atoms with Gasteiger partial charge in [-0.3, -0.25) is 4.90 Å². The van der Waals surface area contributed by atoms with Crippen molar-refractivity contribution in [3.8, 4) is 0 Å². The summed E-state index contributed by atoms with van der Waals surface area (Å²) in [4.78, 5) is 3.97. The van der Waals surface area contributed by atoms with E-state index in [1.807, 2.05) is 0 Å². The molecule has 2 rings (SSSR count). The lowest BCUT2D eigenvalue weighted by atomic mass is 9.93. The van der Waals surface area contributed by atoms with Crippen LogP contribution in [0.4, 0.5) is 0 Å². The number of halogens is 2. The molecule has 108 valence electrons. The maximum atomic E-state index is 6.23. The fourth-order valence-electron chi connectivity index (χ4n) is 3.02. The third-order valence-electron chi connectivity index (χ3n) is 3.88. The molecule has 0 radical (unpaired) electrons. The van der Waals surface area contributed by atoms with E-state index in [9.17, 15) is 0 Å². The standard InChI is InChI=1S/C14H22BrClN2S/c1-2-6-18-7-4-3-5-10(9-17)13(18)12-8-11(15)14(16)19-12/h8,10,13H,2-7,9,17H2,1H3. The van der Waals surface area contributed by atoms with Crippen LogP contribution in [0, 0.1) is 5.92 Å². The zero-order chi connectivity index (χ0) is 13.8. The van der Waals surface area contributed by atoms with E-state index in [1.54, 1.807) is 11.3 Å². The first-order chi connectivity index (χ1) is 9.17. The van der Waals surface area contributed by atoms with Crippen molar-refractivity contribution in [1.29, 1.82) is 0 Å². The molecule has 1 aromatic rings. The van der Waals surface area contributed by atoms with E-state index in [2.05, 4.69) is 33.8 Å². The highest BCUT2D eigenvalue weighted by Crippen LogP contribution is 2.42. The zero-order valence-corrected chi connectivity index (χ0v) is 14.5. The summed E-state index contributed by atoms with van der Waals surface area (Å²) in [5.41, 5.74) is 6.04. The molecule has 0 amide bonds. The van der Waals surface area contributed by atoms with E-state index in [0.29, 0.717) is 12.0 Å². The minimum absolute atomic E-state index is 0.446. The minimum Gasteiger partial charge on any atom is -0.330 e. The van der Waals surface area contributed by atoms with Crippen molar-refractivity contribution in [3.05, 3.63) is 19.8 Å². The summed E-state index contributed by atoms with van der Waals surface area (Å²) in [6.07, 6.45) is 4.99. The van der Waals surface area contributed by atoms with E-state index in [-0.39, 0.29) is 0 Å². The van der Waals surface area contributed by atoms with Gasteiger partial charge in [-0.2, -0.15) is 0 Å². The Morgan fingerprint density at radius 1 is 1.53 bits per heavy atom. The molecule has 5 heteroatoms. The number of hydrogen-bond acceptors (Lipinski definition) is 3. The lowest BCUT2D eigenvalue weighted by molar-refractivity contribution is 0.161. The maximum Gasteiger partial charge on any atom is 0.107 e. The van der Waals surface area contributed by atoms with Gasteiger partial charge in [0.05, 0.1) is 0 Å². The molecule has 0 spiro atoms. The van der Waals surface area contributed by atoms with Crippen molar-refractivity contribution in [2.75, 3.05) is 19.6 Å². The highest BCUT2D eigenvalue weighted by molar-refractivity contribution is 9.10. The maximum absolute atomic E-state index is 6.23. The molecule has 0 aliphatic carbocycles. The Morgan fingerprint density at radius 3 is 2.89 bits per heavy atom. The van der Waals surface area contributed by atoms with Crippen LogP contribution in [0.3, 0.4) is 0 Å². The molecule has 19 heavy (non-hydrogen) atoms. The van der Waals surface area contributed by atoms with Crippen LogP contribution in [0.2, 0.25) is 4.34 Å². The predicted molar refractivity (Wildman–Crippen MR) is 88.0 cm³/mol. The summed E-state index contributed by atoms with van der Waals surface area (Å²) in [6.45, 7) is 5.34. The molecule has 1 saturated heterocycles. The molecule has 1 aliphatic heterocycles. The Bertz CT molecular complexity index is 391. The molecule has 2 heterocycles. The first-order valence-corrected chi connectivity index (χ1v) is 9.05. The van der Waals surface area contributed by atoms with Crippen molar-refractivity contribution < 1.29 is 0 Å². The second kappa shape index (κ2) is 7.41. The van der Waals surface area contributed by atoms with E-state index in [1.165, 1.54) is 37.1 Å². The quantitative estimate of drug-likeness (QED) is 0.839. The molecular weight excluding hydrogens is 344 g/mol. The Morgan fingerprint density at radius 2 is 2.32 bits per heavy atom. The van der Waals surface area contributed by atoms with Gasteiger partial charge in [-0.05, 0) is 66.8 Å². The number of likely N-dealkylation sites (tertiary alicyclic amines) is 1. The summed E-state index contributed by atoms with van der Waals surface area (Å²) < 4.78 is 1.87. The van der Waals surface area contributed by atoms with Crippen LogP contribution in [0.1, 0.15) is 43.5 Å². The second-order valence-corrected chi connectivity index (χ2v) is 7.78. The Labute approximate surface area is 133 Å². The van der Waals surface area contributed by atoms with Gasteiger partial charge in [0, 0.05) is 15.4 Å². The molecule has 0 aromatic carbocycles. The summed E-state index contributed by atoms with van der Waals surface area (Å²) in [5.74, 6) is 0.552. The number of thiophene rings is 1. The molecule has 1 fully saturated rings. The van der Waals surface area contributed by atoms with Crippen molar-refractivity contribution in [3.63, 3.8) is 0 Å². The Kier molecular flexibility index (Phi) is 6.15. The SMILES string of the molecule is CCCN1CCCCC(CN)C1c1cc(Br)c(Cl)s1. The summed E-state index contributed by atoms with van der Waals surface area (Å²) in [6, 6.07) is 2.63. The molecule has 1 aliphatic rings. The van der Waals surface area contributed by atoms with Crippen molar-refractivity contribution in [1.82, 2.24) is 4.90 Å². The predicted octanol–water partition coefficient (Wildman–Crippen LogP) is 4.68. The molecule has 1 aromatic heterocycles. The lowest BCUT2D eigenvalue weighted by Crippen LogP contribution is -2.35. The van der Waals surface area contributed by atoms with E-state index < -0.39 is 0 Å². The number of nitrogens with two attached hydrogens (primary N) is 1. The number of hydrogen-bond donors (Lipinski definition) is 1. The lowest BCUT2D eigenvalue weighted by Gasteiger charge is -2.33. The van der Waals surface area contributed by atoms with Crippen LogP contribution < -0.4 is 5.73 Å². The topological polar surface area (TPSA) is 29.3 Å². The second-order valence-electron chi connectivity index (χ2n) is 5.24. The molecule has 2 unspecified atom stereocenters. The average molecular weight is 366 g/mol. The summed E-state index contributed by atoms with van der Waals surface area (Å²) in [7, 11) is 0. The van der Waals surface area contributed by atoms with Crippen LogP contribution in [-0.4, -0.2) is 24.5 Å². The monoisotopic (exact) mass is 364 g/mol. The zero-order valence-electron chi connectivity index (χ0n) is 11.4. The van der Waals surface area contributed by atoms with Crippen LogP contribution in [-0.2, 0) is 0 Å². The normalized spacial score (nSPS) is 25.5. The van der Waals surface area contributed by atoms with Gasteiger partial charge in [0.15, 0.2) is 0 Å². The van der Waals surface area contributed by atoms with Crippen molar-refractivity contribution in [2.45, 2.75) is 38.6 Å². The summed E-state index contributed by atoms with van der Waals surface area (Å²) >= 11 is 11.5. The molecule has 0 saturated carbocycles. The van der Waals surface area contributed by atoms with E-state index in [4.69, 9.17) is 17.3 Å². The van der Waals surface area contributed by atoms with Gasteiger partial charge in [-0.1, -0.05) is 24.9 Å². The van der Waals surface area contributed by atoms with Gasteiger partial charge in [-0.15, -0.1) is 11.3 Å². The smallest absolute Gasteiger partial charge is 0.107 e. The van der Waals surface area contributed by atoms with Gasteiger partial charge < -0.3 is 5.73 Å². The minimum atomic E-state index is 0.446. The van der Waals surface area contributed by atoms with Gasteiger partial charge in [-0.25, -0.2) is 0 Å². The highest BCUT2D eigenvalue weighted by atomic mass is 79.9.